The highest BCUT2D eigenvalue weighted by Gasteiger charge is 2.21. The van der Waals surface area contributed by atoms with Gasteiger partial charge in [0.05, 0.1) is 5.69 Å². The molecule has 3 rings (SSSR count). The monoisotopic (exact) mass is 363 g/mol. The van der Waals surface area contributed by atoms with Crippen molar-refractivity contribution in [2.45, 2.75) is 84.5 Å². The Morgan fingerprint density at radius 2 is 1.56 bits per heavy atom. The van der Waals surface area contributed by atoms with Gasteiger partial charge in [0.2, 0.25) is 0 Å². The van der Waals surface area contributed by atoms with E-state index in [1.54, 1.807) is 0 Å². The van der Waals surface area contributed by atoms with Gasteiger partial charge in [0, 0.05) is 11.8 Å². The third-order valence-corrected chi connectivity index (χ3v) is 6.32. The van der Waals surface area contributed by atoms with E-state index < -0.39 is 0 Å². The highest BCUT2D eigenvalue weighted by atomic mass is 14.7. The molecule has 0 amide bonds. The number of aryl methyl sites for hydroxylation is 2. The normalized spacial score (nSPS) is 19.9. The molecule has 1 nitrogen and oxygen atoms in total. The van der Waals surface area contributed by atoms with Gasteiger partial charge in [-0.15, -0.1) is 0 Å². The summed E-state index contributed by atoms with van der Waals surface area (Å²) < 4.78 is 0. The zero-order valence-electron chi connectivity index (χ0n) is 17.4. The molecule has 0 saturated heterocycles. The van der Waals surface area contributed by atoms with Crippen LogP contribution in [0.5, 0.6) is 0 Å². The molecule has 2 atom stereocenters. The Morgan fingerprint density at radius 3 is 2.22 bits per heavy atom. The third-order valence-electron chi connectivity index (χ3n) is 6.32. The fraction of sp³-hybridized carbons (Fsp3) is 0.577. The van der Waals surface area contributed by atoms with Gasteiger partial charge in [0.1, 0.15) is 0 Å². The third kappa shape index (κ3) is 6.19. The summed E-state index contributed by atoms with van der Waals surface area (Å²) in [6, 6.07) is 13.6. The van der Waals surface area contributed by atoms with Crippen LogP contribution in [-0.4, -0.2) is 4.98 Å². The van der Waals surface area contributed by atoms with Crippen LogP contribution in [0.1, 0.15) is 82.8 Å². The minimum atomic E-state index is 0.951. The van der Waals surface area contributed by atoms with E-state index in [9.17, 15) is 0 Å². The second-order valence-corrected chi connectivity index (χ2v) is 8.58. The lowest BCUT2D eigenvalue weighted by Gasteiger charge is -2.29. The van der Waals surface area contributed by atoms with Gasteiger partial charge >= 0.3 is 0 Å². The Kier molecular flexibility index (Phi) is 7.93. The van der Waals surface area contributed by atoms with E-state index in [-0.39, 0.29) is 0 Å². The lowest BCUT2D eigenvalue weighted by atomic mass is 9.77. The zero-order valence-corrected chi connectivity index (χ0v) is 17.4. The van der Waals surface area contributed by atoms with Crippen LogP contribution in [0.4, 0.5) is 0 Å². The van der Waals surface area contributed by atoms with E-state index in [1.807, 2.05) is 0 Å². The molecule has 1 aliphatic rings. The lowest BCUT2D eigenvalue weighted by molar-refractivity contribution is 0.243. The summed E-state index contributed by atoms with van der Waals surface area (Å²) in [6.45, 7) is 4.57. The smallest absolute Gasteiger partial charge is 0.0702 e. The Hall–Kier alpha value is -1.63. The van der Waals surface area contributed by atoms with Crippen molar-refractivity contribution < 1.29 is 0 Å². The molecule has 1 heteroatoms. The quantitative estimate of drug-likeness (QED) is 0.446. The molecular weight excluding hydrogens is 326 g/mol. The van der Waals surface area contributed by atoms with Crippen molar-refractivity contribution in [3.8, 4) is 11.3 Å². The van der Waals surface area contributed by atoms with E-state index in [4.69, 9.17) is 0 Å². The Balaban J connectivity index is 1.51. The van der Waals surface area contributed by atoms with E-state index in [0.717, 1.165) is 24.0 Å². The molecule has 0 aliphatic heterocycles. The first kappa shape index (κ1) is 20.1. The molecule has 2 aromatic rings. The van der Waals surface area contributed by atoms with Crippen LogP contribution in [0.25, 0.3) is 11.3 Å². The summed E-state index contributed by atoms with van der Waals surface area (Å²) >= 11 is 0. The molecule has 2 unspecified atom stereocenters. The van der Waals surface area contributed by atoms with Crippen LogP contribution in [0.2, 0.25) is 0 Å². The summed E-state index contributed by atoms with van der Waals surface area (Å²) in [5.74, 6) is 1.95. The van der Waals surface area contributed by atoms with Gasteiger partial charge in [0.25, 0.3) is 0 Å². The predicted molar refractivity (Wildman–Crippen MR) is 117 cm³/mol. The van der Waals surface area contributed by atoms with Crippen molar-refractivity contribution in [1.82, 2.24) is 4.98 Å². The van der Waals surface area contributed by atoms with Crippen molar-refractivity contribution in [3.63, 3.8) is 0 Å². The summed E-state index contributed by atoms with van der Waals surface area (Å²) in [5.41, 5.74) is 5.17. The largest absolute Gasteiger partial charge is 0.256 e. The maximum Gasteiger partial charge on any atom is 0.0702 e. The first-order valence-corrected chi connectivity index (χ1v) is 11.3. The summed E-state index contributed by atoms with van der Waals surface area (Å²) in [6.07, 6.45) is 16.9. The van der Waals surface area contributed by atoms with E-state index in [2.05, 4.69) is 61.4 Å². The van der Waals surface area contributed by atoms with Gasteiger partial charge < -0.3 is 0 Å². The zero-order chi connectivity index (χ0) is 18.9. The standard InChI is InChI=1S/C26H37N/c1-3-5-8-24-15-18-26(27-20-24)25-16-13-21(14-17-25)11-12-23-10-6-9-22(19-23)7-4-2/h13-18,20,22-23H,3-12,19H2,1-2H3. The second-order valence-electron chi connectivity index (χ2n) is 8.58. The number of hydrogen-bond donors (Lipinski definition) is 0. The Bertz CT molecular complexity index is 654. The van der Waals surface area contributed by atoms with Crippen LogP contribution in [-0.2, 0) is 12.8 Å². The molecule has 1 fully saturated rings. The van der Waals surface area contributed by atoms with Gasteiger partial charge in [-0.2, -0.15) is 0 Å². The topological polar surface area (TPSA) is 12.9 Å². The van der Waals surface area contributed by atoms with Crippen molar-refractivity contribution in [2.24, 2.45) is 11.8 Å². The SMILES string of the molecule is CCCCc1ccc(-c2ccc(CCC3CCCC(CCC)C3)cc2)nc1. The summed E-state index contributed by atoms with van der Waals surface area (Å²) in [4.78, 5) is 4.68. The van der Waals surface area contributed by atoms with Crippen LogP contribution >= 0.6 is 0 Å². The summed E-state index contributed by atoms with van der Waals surface area (Å²) in [7, 11) is 0. The number of aromatic nitrogens is 1. The fourth-order valence-electron chi connectivity index (χ4n) is 4.67. The molecular formula is C26H37N. The van der Waals surface area contributed by atoms with Crippen LogP contribution < -0.4 is 0 Å². The lowest BCUT2D eigenvalue weighted by Crippen LogP contribution is -2.16. The van der Waals surface area contributed by atoms with Crippen molar-refractivity contribution in [3.05, 3.63) is 53.7 Å². The van der Waals surface area contributed by atoms with Gasteiger partial charge in [-0.3, -0.25) is 4.98 Å². The number of rotatable bonds is 9. The van der Waals surface area contributed by atoms with Gasteiger partial charge in [-0.25, -0.2) is 0 Å². The molecule has 0 bridgehead atoms. The molecule has 1 saturated carbocycles. The Morgan fingerprint density at radius 1 is 0.815 bits per heavy atom. The van der Waals surface area contributed by atoms with Crippen LogP contribution in [0.15, 0.2) is 42.6 Å². The van der Waals surface area contributed by atoms with E-state index in [0.29, 0.717) is 0 Å². The molecule has 1 heterocycles. The average Bonchev–Trinajstić information content (AvgIpc) is 2.72. The van der Waals surface area contributed by atoms with E-state index >= 15 is 0 Å². The first-order chi connectivity index (χ1) is 13.3. The van der Waals surface area contributed by atoms with E-state index in [1.165, 1.54) is 80.9 Å². The van der Waals surface area contributed by atoms with Crippen molar-refractivity contribution in [2.75, 3.05) is 0 Å². The van der Waals surface area contributed by atoms with Crippen LogP contribution in [0.3, 0.4) is 0 Å². The number of benzene rings is 1. The van der Waals surface area contributed by atoms with Gasteiger partial charge in [-0.1, -0.05) is 82.7 Å². The second kappa shape index (κ2) is 10.6. The summed E-state index contributed by atoms with van der Waals surface area (Å²) in [5, 5.41) is 0. The van der Waals surface area contributed by atoms with Gasteiger partial charge in [-0.05, 0) is 61.1 Å². The van der Waals surface area contributed by atoms with Gasteiger partial charge in [0.15, 0.2) is 0 Å². The average molecular weight is 364 g/mol. The molecule has 1 aromatic carbocycles. The number of pyridine rings is 1. The first-order valence-electron chi connectivity index (χ1n) is 11.3. The fourth-order valence-corrected chi connectivity index (χ4v) is 4.67. The maximum atomic E-state index is 4.68. The number of unbranched alkanes of at least 4 members (excludes halogenated alkanes) is 1. The van der Waals surface area contributed by atoms with Crippen LogP contribution in [0, 0.1) is 11.8 Å². The van der Waals surface area contributed by atoms with Crippen molar-refractivity contribution in [1.29, 1.82) is 0 Å². The molecule has 27 heavy (non-hydrogen) atoms. The molecule has 0 radical (unpaired) electrons. The Labute approximate surface area is 166 Å². The minimum Gasteiger partial charge on any atom is -0.256 e. The number of nitrogens with zero attached hydrogens (tertiary/aromatic N) is 1. The molecule has 1 aliphatic carbocycles. The molecule has 146 valence electrons. The minimum absolute atomic E-state index is 0.951. The maximum absolute atomic E-state index is 4.68. The number of hydrogen-bond acceptors (Lipinski definition) is 1. The molecule has 1 aromatic heterocycles. The predicted octanol–water partition coefficient (Wildman–Crippen LogP) is 7.63. The molecule has 0 spiro atoms. The molecule has 0 N–H and O–H groups in total. The highest BCUT2D eigenvalue weighted by Crippen LogP contribution is 2.34. The highest BCUT2D eigenvalue weighted by molar-refractivity contribution is 5.59. The van der Waals surface area contributed by atoms with Crippen molar-refractivity contribution >= 4 is 0 Å².